The summed E-state index contributed by atoms with van der Waals surface area (Å²) in [6.45, 7) is 4.64. The quantitative estimate of drug-likeness (QED) is 0.554. The van der Waals surface area contributed by atoms with Crippen LogP contribution in [0.1, 0.15) is 41.5 Å². The van der Waals surface area contributed by atoms with Gasteiger partial charge in [-0.15, -0.1) is 0 Å². The highest BCUT2D eigenvalue weighted by atomic mass is 16.5. The Bertz CT molecular complexity index is 884. The van der Waals surface area contributed by atoms with E-state index in [1.165, 1.54) is 0 Å². The molecule has 0 saturated heterocycles. The van der Waals surface area contributed by atoms with Crippen LogP contribution >= 0.6 is 0 Å². The van der Waals surface area contributed by atoms with Crippen molar-refractivity contribution in [3.05, 3.63) is 65.7 Å². The number of ketones is 1. The minimum Gasteiger partial charge on any atom is -0.456 e. The first-order chi connectivity index (χ1) is 13.7. The molecule has 0 spiro atoms. The Labute approximate surface area is 169 Å². The standard InChI is InChI=1S/C22H24N2O5/c1-22(2,3)21(28)24-17-11-9-15(10-12-17)18(25)14-29-19(26)13-23-20(27)16-7-5-4-6-8-16/h4-12H,13-14H2,1-3H3,(H,23,27)(H,24,28). The summed E-state index contributed by atoms with van der Waals surface area (Å²) >= 11 is 0. The lowest BCUT2D eigenvalue weighted by atomic mass is 9.95. The summed E-state index contributed by atoms with van der Waals surface area (Å²) in [5.41, 5.74) is 0.815. The van der Waals surface area contributed by atoms with Gasteiger partial charge in [0.25, 0.3) is 5.91 Å². The molecule has 2 rings (SSSR count). The zero-order valence-corrected chi connectivity index (χ0v) is 16.7. The molecule has 2 amide bonds. The predicted octanol–water partition coefficient (Wildman–Crippen LogP) is 2.83. The molecule has 29 heavy (non-hydrogen) atoms. The van der Waals surface area contributed by atoms with Gasteiger partial charge in [-0.1, -0.05) is 39.0 Å². The fourth-order valence-corrected chi connectivity index (χ4v) is 2.18. The predicted molar refractivity (Wildman–Crippen MR) is 109 cm³/mol. The monoisotopic (exact) mass is 396 g/mol. The highest BCUT2D eigenvalue weighted by molar-refractivity contribution is 6.00. The van der Waals surface area contributed by atoms with Crippen LogP contribution in [0.3, 0.4) is 0 Å². The van der Waals surface area contributed by atoms with Crippen molar-refractivity contribution in [3.8, 4) is 0 Å². The number of carbonyl (C=O) groups excluding carboxylic acids is 4. The second-order valence-corrected chi connectivity index (χ2v) is 7.41. The molecule has 7 heteroatoms. The molecule has 2 aromatic rings. The minimum absolute atomic E-state index is 0.136. The molecular weight excluding hydrogens is 372 g/mol. The van der Waals surface area contributed by atoms with Crippen LogP contribution in [0.2, 0.25) is 0 Å². The molecule has 0 aromatic heterocycles. The average Bonchev–Trinajstić information content (AvgIpc) is 2.70. The van der Waals surface area contributed by atoms with Gasteiger partial charge in [-0.2, -0.15) is 0 Å². The lowest BCUT2D eigenvalue weighted by Crippen LogP contribution is -2.31. The lowest BCUT2D eigenvalue weighted by Gasteiger charge is -2.17. The number of ether oxygens (including phenoxy) is 1. The maximum atomic E-state index is 12.1. The van der Waals surface area contributed by atoms with Gasteiger partial charge in [-0.05, 0) is 36.4 Å². The van der Waals surface area contributed by atoms with Crippen LogP contribution in [0.25, 0.3) is 0 Å². The van der Waals surface area contributed by atoms with Crippen LogP contribution in [0.15, 0.2) is 54.6 Å². The van der Waals surface area contributed by atoms with Gasteiger partial charge in [0.15, 0.2) is 12.4 Å². The second-order valence-electron chi connectivity index (χ2n) is 7.41. The molecule has 0 aliphatic heterocycles. The SMILES string of the molecule is CC(C)(C)C(=O)Nc1ccc(C(=O)COC(=O)CNC(=O)c2ccccc2)cc1. The number of nitrogens with one attached hydrogen (secondary N) is 2. The molecule has 0 aliphatic rings. The van der Waals surface area contributed by atoms with Gasteiger partial charge in [-0.3, -0.25) is 19.2 Å². The first-order valence-electron chi connectivity index (χ1n) is 9.10. The lowest BCUT2D eigenvalue weighted by molar-refractivity contribution is -0.141. The number of hydrogen-bond acceptors (Lipinski definition) is 5. The highest BCUT2D eigenvalue weighted by Gasteiger charge is 2.21. The Morgan fingerprint density at radius 2 is 1.48 bits per heavy atom. The Balaban J connectivity index is 1.79. The van der Waals surface area contributed by atoms with Crippen LogP contribution in [-0.2, 0) is 14.3 Å². The van der Waals surface area contributed by atoms with E-state index in [2.05, 4.69) is 10.6 Å². The summed E-state index contributed by atoms with van der Waals surface area (Å²) in [7, 11) is 0. The maximum Gasteiger partial charge on any atom is 0.325 e. The maximum absolute atomic E-state index is 12.1. The number of rotatable bonds is 7. The van der Waals surface area contributed by atoms with Crippen LogP contribution in [-0.4, -0.2) is 36.7 Å². The summed E-state index contributed by atoms with van der Waals surface area (Å²) in [5, 5.41) is 5.20. The van der Waals surface area contributed by atoms with Gasteiger partial charge < -0.3 is 15.4 Å². The minimum atomic E-state index is -0.711. The number of benzene rings is 2. The molecule has 0 unspecified atom stereocenters. The molecule has 0 aliphatic carbocycles. The van der Waals surface area contributed by atoms with Crippen LogP contribution in [0, 0.1) is 5.41 Å². The first-order valence-corrected chi connectivity index (χ1v) is 9.10. The van der Waals surface area contributed by atoms with Crippen molar-refractivity contribution >= 4 is 29.3 Å². The summed E-state index contributed by atoms with van der Waals surface area (Å²) in [6, 6.07) is 14.8. The van der Waals surface area contributed by atoms with Crippen molar-refractivity contribution in [2.24, 2.45) is 5.41 Å². The van der Waals surface area contributed by atoms with E-state index in [0.29, 0.717) is 16.8 Å². The van der Waals surface area contributed by atoms with E-state index < -0.39 is 23.9 Å². The molecule has 0 atom stereocenters. The Hall–Kier alpha value is -3.48. The fraction of sp³-hybridized carbons (Fsp3) is 0.273. The Kier molecular flexibility index (Phi) is 7.25. The van der Waals surface area contributed by atoms with Gasteiger partial charge in [0.05, 0.1) is 0 Å². The molecule has 7 nitrogen and oxygen atoms in total. The topological polar surface area (TPSA) is 102 Å². The highest BCUT2D eigenvalue weighted by Crippen LogP contribution is 2.18. The number of Topliss-reactive ketones (excluding diaryl/α,β-unsaturated/α-hetero) is 1. The van der Waals surface area contributed by atoms with Crippen LogP contribution in [0.4, 0.5) is 5.69 Å². The van der Waals surface area contributed by atoms with Crippen molar-refractivity contribution in [2.75, 3.05) is 18.5 Å². The average molecular weight is 396 g/mol. The number of carbonyl (C=O) groups is 4. The number of amides is 2. The molecule has 0 radical (unpaired) electrons. The zero-order valence-electron chi connectivity index (χ0n) is 16.7. The molecule has 0 saturated carbocycles. The van der Waals surface area contributed by atoms with Crippen molar-refractivity contribution in [1.29, 1.82) is 0 Å². The Morgan fingerprint density at radius 1 is 0.862 bits per heavy atom. The van der Waals surface area contributed by atoms with E-state index in [9.17, 15) is 19.2 Å². The number of hydrogen-bond donors (Lipinski definition) is 2. The van der Waals surface area contributed by atoms with E-state index in [1.54, 1.807) is 75.4 Å². The van der Waals surface area contributed by atoms with Crippen molar-refractivity contribution < 1.29 is 23.9 Å². The van der Waals surface area contributed by atoms with E-state index in [-0.39, 0.29) is 18.2 Å². The van der Waals surface area contributed by atoms with E-state index in [0.717, 1.165) is 0 Å². The molecular formula is C22H24N2O5. The molecule has 2 aromatic carbocycles. The van der Waals surface area contributed by atoms with E-state index in [1.807, 2.05) is 0 Å². The van der Waals surface area contributed by atoms with Gasteiger partial charge >= 0.3 is 5.97 Å². The zero-order chi connectivity index (χ0) is 21.4. The largest absolute Gasteiger partial charge is 0.456 e. The number of anilines is 1. The number of esters is 1. The first kappa shape index (κ1) is 21.8. The smallest absolute Gasteiger partial charge is 0.325 e. The third kappa shape index (κ3) is 6.88. The molecule has 0 fully saturated rings. The third-order valence-electron chi connectivity index (χ3n) is 3.94. The summed E-state index contributed by atoms with van der Waals surface area (Å²) in [4.78, 5) is 47.7. The van der Waals surface area contributed by atoms with Gasteiger partial charge in [-0.25, -0.2) is 0 Å². The fourth-order valence-electron chi connectivity index (χ4n) is 2.18. The van der Waals surface area contributed by atoms with Gasteiger partial charge in [0.1, 0.15) is 6.54 Å². The van der Waals surface area contributed by atoms with Crippen molar-refractivity contribution in [2.45, 2.75) is 20.8 Å². The molecule has 152 valence electrons. The van der Waals surface area contributed by atoms with Crippen LogP contribution < -0.4 is 10.6 Å². The molecule has 2 N–H and O–H groups in total. The van der Waals surface area contributed by atoms with Gasteiger partial charge in [0, 0.05) is 22.2 Å². The summed E-state index contributed by atoms with van der Waals surface area (Å²) < 4.78 is 4.91. The van der Waals surface area contributed by atoms with Crippen molar-refractivity contribution in [3.63, 3.8) is 0 Å². The molecule has 0 bridgehead atoms. The summed E-state index contributed by atoms with van der Waals surface area (Å²) in [5.74, 6) is -1.64. The van der Waals surface area contributed by atoms with Gasteiger partial charge in [0.2, 0.25) is 5.91 Å². The molecule has 0 heterocycles. The van der Waals surface area contributed by atoms with Crippen LogP contribution in [0.5, 0.6) is 0 Å². The third-order valence-corrected chi connectivity index (χ3v) is 3.94. The normalized spacial score (nSPS) is 10.7. The van der Waals surface area contributed by atoms with E-state index >= 15 is 0 Å². The van der Waals surface area contributed by atoms with E-state index in [4.69, 9.17) is 4.74 Å². The Morgan fingerprint density at radius 3 is 2.07 bits per heavy atom. The summed E-state index contributed by atoms with van der Waals surface area (Å²) in [6.07, 6.45) is 0. The van der Waals surface area contributed by atoms with Crippen molar-refractivity contribution in [1.82, 2.24) is 5.32 Å². The second kappa shape index (κ2) is 9.64.